The molecule has 7 heteroatoms. The molecular weight excluding hydrogens is 406 g/mol. The maximum atomic E-state index is 12.4. The van der Waals surface area contributed by atoms with Gasteiger partial charge in [-0.25, -0.2) is 0 Å². The summed E-state index contributed by atoms with van der Waals surface area (Å²) in [4.78, 5) is 26.5. The van der Waals surface area contributed by atoms with Crippen molar-refractivity contribution in [1.82, 2.24) is 10.2 Å². The van der Waals surface area contributed by atoms with Crippen molar-refractivity contribution >= 4 is 11.7 Å². The molecule has 2 aromatic carbocycles. The number of hydrogen-bond donors (Lipinski definition) is 3. The van der Waals surface area contributed by atoms with Gasteiger partial charge in [0, 0.05) is 42.4 Å². The number of nitrogens with zero attached hydrogens (tertiary/aromatic N) is 1. The van der Waals surface area contributed by atoms with Crippen LogP contribution in [-0.4, -0.2) is 66.7 Å². The Morgan fingerprint density at radius 2 is 1.62 bits per heavy atom. The van der Waals surface area contributed by atoms with Crippen LogP contribution in [0.15, 0.2) is 48.5 Å². The number of nitrogens with one attached hydrogen (secondary N) is 1. The largest absolute Gasteiger partial charge is 0.388 e. The summed E-state index contributed by atoms with van der Waals surface area (Å²) in [6.07, 6.45) is 0. The Morgan fingerprint density at radius 3 is 2.16 bits per heavy atom. The highest BCUT2D eigenvalue weighted by atomic mass is 16.5. The van der Waals surface area contributed by atoms with Crippen molar-refractivity contribution in [2.75, 3.05) is 32.9 Å². The van der Waals surface area contributed by atoms with Gasteiger partial charge in [0.2, 0.25) is 0 Å². The third-order valence-corrected chi connectivity index (χ3v) is 5.28. The summed E-state index contributed by atoms with van der Waals surface area (Å²) in [6.45, 7) is 5.34. The molecule has 32 heavy (non-hydrogen) atoms. The highest BCUT2D eigenvalue weighted by Crippen LogP contribution is 2.10. The number of morpholine rings is 1. The number of amides is 1. The lowest BCUT2D eigenvalue weighted by molar-refractivity contribution is -0.123. The van der Waals surface area contributed by atoms with E-state index in [0.29, 0.717) is 5.56 Å². The van der Waals surface area contributed by atoms with Crippen molar-refractivity contribution in [3.05, 3.63) is 70.8 Å². The SMILES string of the molecule is C[C@@H](N)[C@H](NC(=O)c1ccc(C#Cc2ccc(CN3CCOCC3)cc2)cc1)C(=O)CO. The van der Waals surface area contributed by atoms with Crippen LogP contribution < -0.4 is 11.1 Å². The van der Waals surface area contributed by atoms with Gasteiger partial charge in [-0.15, -0.1) is 0 Å². The van der Waals surface area contributed by atoms with Crippen LogP contribution in [0.25, 0.3) is 0 Å². The van der Waals surface area contributed by atoms with Gasteiger partial charge in [-0.2, -0.15) is 0 Å². The first-order chi connectivity index (χ1) is 15.5. The highest BCUT2D eigenvalue weighted by Gasteiger charge is 2.24. The summed E-state index contributed by atoms with van der Waals surface area (Å²) in [5, 5.41) is 11.6. The van der Waals surface area contributed by atoms with Crippen molar-refractivity contribution < 1.29 is 19.4 Å². The second kappa shape index (κ2) is 11.6. The molecule has 1 fully saturated rings. The van der Waals surface area contributed by atoms with Crippen LogP contribution in [0, 0.1) is 11.8 Å². The van der Waals surface area contributed by atoms with Crippen molar-refractivity contribution in [2.45, 2.75) is 25.6 Å². The predicted molar refractivity (Wildman–Crippen MR) is 122 cm³/mol. The smallest absolute Gasteiger partial charge is 0.251 e. The molecule has 3 rings (SSSR count). The lowest BCUT2D eigenvalue weighted by Gasteiger charge is -2.26. The highest BCUT2D eigenvalue weighted by molar-refractivity contribution is 5.98. The van der Waals surface area contributed by atoms with Gasteiger partial charge in [0.05, 0.1) is 13.2 Å². The number of rotatable bonds is 7. The van der Waals surface area contributed by atoms with Crippen molar-refractivity contribution in [3.63, 3.8) is 0 Å². The summed E-state index contributed by atoms with van der Waals surface area (Å²) in [5.74, 6) is 5.29. The van der Waals surface area contributed by atoms with Crippen LogP contribution >= 0.6 is 0 Å². The van der Waals surface area contributed by atoms with Gasteiger partial charge in [0.1, 0.15) is 12.6 Å². The normalized spacial score (nSPS) is 15.8. The van der Waals surface area contributed by atoms with E-state index in [-0.39, 0.29) is 0 Å². The first-order valence-corrected chi connectivity index (χ1v) is 10.7. The van der Waals surface area contributed by atoms with E-state index in [4.69, 9.17) is 15.6 Å². The monoisotopic (exact) mass is 435 g/mol. The predicted octanol–water partition coefficient (Wildman–Crippen LogP) is 0.926. The van der Waals surface area contributed by atoms with Gasteiger partial charge >= 0.3 is 0 Å². The molecule has 0 unspecified atom stereocenters. The lowest BCUT2D eigenvalue weighted by Crippen LogP contribution is -2.52. The van der Waals surface area contributed by atoms with E-state index in [1.807, 2.05) is 12.1 Å². The zero-order chi connectivity index (χ0) is 22.9. The van der Waals surface area contributed by atoms with E-state index < -0.39 is 30.4 Å². The van der Waals surface area contributed by atoms with Gasteiger partial charge < -0.3 is 20.9 Å². The third kappa shape index (κ3) is 6.74. The van der Waals surface area contributed by atoms with Crippen LogP contribution in [0.2, 0.25) is 0 Å². The Morgan fingerprint density at radius 1 is 1.06 bits per heavy atom. The van der Waals surface area contributed by atoms with Gasteiger partial charge in [0.25, 0.3) is 5.91 Å². The Balaban J connectivity index is 1.58. The minimum absolute atomic E-state index is 0.388. The van der Waals surface area contributed by atoms with Gasteiger partial charge in [-0.1, -0.05) is 24.0 Å². The molecule has 4 N–H and O–H groups in total. The van der Waals surface area contributed by atoms with E-state index in [0.717, 1.165) is 44.0 Å². The number of aliphatic hydroxyl groups is 1. The molecule has 0 aromatic heterocycles. The fourth-order valence-electron chi connectivity index (χ4n) is 3.39. The van der Waals surface area contributed by atoms with E-state index in [9.17, 15) is 9.59 Å². The Kier molecular flexibility index (Phi) is 8.54. The topological polar surface area (TPSA) is 105 Å². The molecule has 0 bridgehead atoms. The summed E-state index contributed by atoms with van der Waals surface area (Å²) in [5.41, 5.74) is 9.07. The van der Waals surface area contributed by atoms with E-state index in [1.54, 1.807) is 31.2 Å². The van der Waals surface area contributed by atoms with Crippen LogP contribution in [0.5, 0.6) is 0 Å². The number of ketones is 1. The van der Waals surface area contributed by atoms with Crippen molar-refractivity contribution in [3.8, 4) is 11.8 Å². The van der Waals surface area contributed by atoms with Crippen molar-refractivity contribution in [1.29, 1.82) is 0 Å². The molecule has 0 aliphatic carbocycles. The van der Waals surface area contributed by atoms with Crippen LogP contribution in [0.3, 0.4) is 0 Å². The molecule has 7 nitrogen and oxygen atoms in total. The number of hydrogen-bond acceptors (Lipinski definition) is 6. The number of carbonyl (C=O) groups excluding carboxylic acids is 2. The number of Topliss-reactive ketones (excluding diaryl/α,β-unsaturated/α-hetero) is 1. The first-order valence-electron chi connectivity index (χ1n) is 10.7. The fourth-order valence-corrected chi connectivity index (χ4v) is 3.39. The summed E-state index contributed by atoms with van der Waals surface area (Å²) < 4.78 is 5.38. The molecule has 2 aromatic rings. The zero-order valence-electron chi connectivity index (χ0n) is 18.2. The lowest BCUT2D eigenvalue weighted by atomic mass is 10.0. The second-order valence-electron chi connectivity index (χ2n) is 7.85. The molecule has 1 saturated heterocycles. The Labute approximate surface area is 188 Å². The minimum atomic E-state index is -0.932. The van der Waals surface area contributed by atoms with Crippen LogP contribution in [-0.2, 0) is 16.1 Å². The first kappa shape index (κ1) is 23.6. The molecule has 1 aliphatic rings. The second-order valence-corrected chi connectivity index (χ2v) is 7.85. The van der Waals surface area contributed by atoms with E-state index >= 15 is 0 Å². The zero-order valence-corrected chi connectivity index (χ0v) is 18.2. The number of carbonyl (C=O) groups is 2. The summed E-state index contributed by atoms with van der Waals surface area (Å²) >= 11 is 0. The molecule has 1 heterocycles. The maximum Gasteiger partial charge on any atom is 0.251 e. The molecule has 0 saturated carbocycles. The van der Waals surface area contributed by atoms with E-state index in [2.05, 4.69) is 34.2 Å². The van der Waals surface area contributed by atoms with E-state index in [1.165, 1.54) is 5.56 Å². The Hall–Kier alpha value is -3.02. The molecule has 1 amide bonds. The van der Waals surface area contributed by atoms with Gasteiger partial charge in [-0.3, -0.25) is 14.5 Å². The third-order valence-electron chi connectivity index (χ3n) is 5.28. The number of ether oxygens (including phenoxy) is 1. The van der Waals surface area contributed by atoms with Crippen LogP contribution in [0.4, 0.5) is 0 Å². The molecule has 2 atom stereocenters. The Bertz CT molecular complexity index is 969. The molecule has 0 spiro atoms. The number of aliphatic hydroxyl groups excluding tert-OH is 1. The quantitative estimate of drug-likeness (QED) is 0.559. The van der Waals surface area contributed by atoms with Crippen molar-refractivity contribution in [2.24, 2.45) is 5.73 Å². The molecule has 0 radical (unpaired) electrons. The maximum absolute atomic E-state index is 12.4. The van der Waals surface area contributed by atoms with Gasteiger partial charge in [-0.05, 0) is 48.9 Å². The summed E-state index contributed by atoms with van der Waals surface area (Å²) in [7, 11) is 0. The molecule has 168 valence electrons. The number of nitrogens with two attached hydrogens (primary N) is 1. The summed E-state index contributed by atoms with van der Waals surface area (Å²) in [6, 6.07) is 13.5. The molecule has 1 aliphatic heterocycles. The standard InChI is InChI=1S/C25H29N3O4/c1-18(26)24(23(30)17-29)27-25(31)22-10-8-20(9-11-22)3-2-19-4-6-21(7-5-19)16-28-12-14-32-15-13-28/h4-11,18,24,29H,12-17,26H2,1H3,(H,27,31)/t18-,24+/m1/s1. The fraction of sp³-hybridized carbons (Fsp3) is 0.360. The average Bonchev–Trinajstić information content (AvgIpc) is 2.82. The molecular formula is C25H29N3O4. The van der Waals surface area contributed by atoms with Gasteiger partial charge in [0.15, 0.2) is 5.78 Å². The average molecular weight is 436 g/mol. The minimum Gasteiger partial charge on any atom is -0.388 e. The number of benzene rings is 2. The van der Waals surface area contributed by atoms with Crippen LogP contribution in [0.1, 0.15) is 34.0 Å².